The van der Waals surface area contributed by atoms with Crippen molar-refractivity contribution in [3.8, 4) is 55.9 Å². The van der Waals surface area contributed by atoms with Crippen molar-refractivity contribution in [2.45, 2.75) is 52.0 Å². The highest BCUT2D eigenvalue weighted by molar-refractivity contribution is 7.00. The lowest BCUT2D eigenvalue weighted by Gasteiger charge is -2.45. The van der Waals surface area contributed by atoms with Gasteiger partial charge in [0.1, 0.15) is 0 Å². The molecule has 0 amide bonds. The molecule has 536 valence electrons. The average Bonchev–Trinajstić information content (AvgIpc) is 1.06. The molecule has 2 aliphatic heterocycles. The lowest BCUT2D eigenvalue weighted by atomic mass is 9.33. The number of anilines is 6. The van der Waals surface area contributed by atoms with Crippen LogP contribution in [0.2, 0.25) is 0 Å². The summed E-state index contributed by atoms with van der Waals surface area (Å²) in [6.07, 6.45) is 1.85. The maximum absolute atomic E-state index is 9.81. The van der Waals surface area contributed by atoms with Crippen LogP contribution >= 0.6 is 0 Å². The van der Waals surface area contributed by atoms with Crippen LogP contribution in [-0.2, 0) is 31.2 Å². The zero-order valence-corrected chi connectivity index (χ0v) is 62.8. The Morgan fingerprint density at radius 3 is 1.41 bits per heavy atom. The van der Waals surface area contributed by atoms with E-state index in [0.717, 1.165) is 128 Å². The summed E-state index contributed by atoms with van der Waals surface area (Å²) in [7, 11) is 0. The maximum Gasteiger partial charge on any atom is 0.252 e. The van der Waals surface area contributed by atoms with Crippen molar-refractivity contribution in [3.05, 3.63) is 415 Å². The first-order valence-corrected chi connectivity index (χ1v) is 39.0. The van der Waals surface area contributed by atoms with Crippen molar-refractivity contribution >= 4 is 101 Å². The van der Waals surface area contributed by atoms with Crippen molar-refractivity contribution in [2.24, 2.45) is 0 Å². The standard InChI is InChI=1S/C106H84BN5/c1-106(2,3)83-38-27-29-73(66-83)63-74-51-57-95-101(67-74)110(72-94-88(79-34-13-6-14-35-79)45-28-46-89(94)80-36-15-7-16-37-80)104-69-76(59-61-108(84-39-17-8-18-40-84)85-52-54-86(55-53-85)111-97-47-23-19-41-90(97)91-42-20-24-48-98(91)111)68-103-105(104)107(95)96-58-56-87(112-99-49-25-21-43-92(99)93-44-22-26-50-100(93)112)71-102(96)109(103)62-60-75-64-81(77-30-9-4-10-31-77)70-82(65-75)78-32-11-5-12-33-78/h4-58,64-71H,59-63,72H2,1-3H3/i21D,22D,25D,26D,43D,44D,49D,50D. The average molecular weight is 1450 g/mol. The van der Waals surface area contributed by atoms with Crippen molar-refractivity contribution < 1.29 is 11.0 Å². The fourth-order valence-electron chi connectivity index (χ4n) is 17.7. The highest BCUT2D eigenvalue weighted by Gasteiger charge is 2.44. The zero-order valence-electron chi connectivity index (χ0n) is 70.8. The SMILES string of the molecule is [2H]c1c([2H])c([2H])c2c(c1[2H])c1c([2H])c([2H])c([2H])c([2H])c1n2-c1ccc2c(c1)N(CCc1cc(-c3ccccc3)cc(-c3ccccc3)c1)c1cc(CCN(c3ccccc3)c3ccc(-n4c5ccccc5c5ccccc54)cc3)cc3c1B2c1ccc(Cc2cccc(C(C)(C)C)c2)cc1N3Cc1c(-c2ccccc2)cccc1-c1ccccc1. The summed E-state index contributed by atoms with van der Waals surface area (Å²) < 4.78 is 79.4. The van der Waals surface area contributed by atoms with Crippen molar-refractivity contribution in [3.63, 3.8) is 0 Å². The van der Waals surface area contributed by atoms with Crippen molar-refractivity contribution in [2.75, 3.05) is 27.8 Å². The Labute approximate surface area is 668 Å². The summed E-state index contributed by atoms with van der Waals surface area (Å²) in [5.41, 5.74) is 29.2. The van der Waals surface area contributed by atoms with Gasteiger partial charge < -0.3 is 23.8 Å². The maximum atomic E-state index is 9.81. The van der Waals surface area contributed by atoms with E-state index in [0.29, 0.717) is 44.6 Å². The minimum Gasteiger partial charge on any atom is -0.342 e. The van der Waals surface area contributed by atoms with Crippen LogP contribution in [0.25, 0.3) is 99.5 Å². The second kappa shape index (κ2) is 28.5. The highest BCUT2D eigenvalue weighted by atomic mass is 15.2. The van der Waals surface area contributed by atoms with E-state index in [9.17, 15) is 8.22 Å². The van der Waals surface area contributed by atoms with E-state index in [2.05, 4.69) is 368 Å². The van der Waals surface area contributed by atoms with E-state index in [1.807, 2.05) is 6.07 Å². The molecule has 16 aromatic carbocycles. The smallest absolute Gasteiger partial charge is 0.252 e. The Hall–Kier alpha value is -13.4. The molecular weight excluding hydrogens is 1350 g/mol. The molecule has 0 fully saturated rings. The van der Waals surface area contributed by atoms with Gasteiger partial charge in [-0.2, -0.15) is 0 Å². The molecule has 5 nitrogen and oxygen atoms in total. The molecule has 0 radical (unpaired) electrons. The molecular formula is C106H84BN5. The molecule has 0 atom stereocenters. The topological polar surface area (TPSA) is 19.6 Å². The molecule has 2 aliphatic rings. The van der Waals surface area contributed by atoms with Gasteiger partial charge in [0, 0.05) is 86.7 Å². The van der Waals surface area contributed by atoms with Crippen LogP contribution in [-0.4, -0.2) is 28.9 Å². The molecule has 2 aromatic heterocycles. The van der Waals surface area contributed by atoms with E-state index in [-0.39, 0.29) is 58.1 Å². The van der Waals surface area contributed by atoms with Crippen LogP contribution in [0.4, 0.5) is 34.1 Å². The van der Waals surface area contributed by atoms with E-state index in [1.165, 1.54) is 27.5 Å². The number of aromatic nitrogens is 2. The summed E-state index contributed by atoms with van der Waals surface area (Å²) in [5.74, 6) is 0. The molecule has 0 spiro atoms. The zero-order chi connectivity index (χ0) is 81.8. The molecule has 20 rings (SSSR count). The van der Waals surface area contributed by atoms with E-state index in [1.54, 1.807) is 4.57 Å². The Kier molecular flexibility index (Phi) is 15.2. The molecule has 0 N–H and O–H groups in total. The molecule has 0 bridgehead atoms. The normalized spacial score (nSPS) is 13.4. The van der Waals surface area contributed by atoms with Crippen LogP contribution < -0.4 is 31.1 Å². The number of fused-ring (bicyclic) bond motifs is 10. The van der Waals surface area contributed by atoms with E-state index in [4.69, 9.17) is 2.74 Å². The first-order chi connectivity index (χ1) is 58.5. The van der Waals surface area contributed by atoms with Gasteiger partial charge in [-0.3, -0.25) is 0 Å². The third-order valence-electron chi connectivity index (χ3n) is 23.1. The van der Waals surface area contributed by atoms with Gasteiger partial charge >= 0.3 is 0 Å². The van der Waals surface area contributed by atoms with Gasteiger partial charge in [0.2, 0.25) is 0 Å². The van der Waals surface area contributed by atoms with Crippen LogP contribution in [0.15, 0.2) is 382 Å². The number of hydrogen-bond acceptors (Lipinski definition) is 3. The summed E-state index contributed by atoms with van der Waals surface area (Å²) in [6, 6.07) is 117. The molecule has 0 unspecified atom stereocenters. The van der Waals surface area contributed by atoms with Gasteiger partial charge in [-0.05, 0) is 216 Å². The Morgan fingerprint density at radius 2 is 0.812 bits per heavy atom. The van der Waals surface area contributed by atoms with Gasteiger partial charge in [-0.1, -0.05) is 306 Å². The van der Waals surface area contributed by atoms with Crippen molar-refractivity contribution in [1.29, 1.82) is 0 Å². The molecule has 18 aromatic rings. The van der Waals surface area contributed by atoms with Crippen LogP contribution in [0, 0.1) is 0 Å². The van der Waals surface area contributed by atoms with Crippen LogP contribution in [0.1, 0.15) is 65.1 Å². The largest absolute Gasteiger partial charge is 0.342 e. The molecule has 0 saturated carbocycles. The summed E-state index contributed by atoms with van der Waals surface area (Å²) >= 11 is 0. The third-order valence-corrected chi connectivity index (χ3v) is 23.1. The van der Waals surface area contributed by atoms with E-state index >= 15 is 0 Å². The van der Waals surface area contributed by atoms with E-state index < -0.39 is 24.2 Å². The number of nitrogens with zero attached hydrogens (tertiary/aromatic N) is 5. The first-order valence-electron chi connectivity index (χ1n) is 43.0. The van der Waals surface area contributed by atoms with Gasteiger partial charge in [-0.25, -0.2) is 0 Å². The number of hydrogen-bond donors (Lipinski definition) is 0. The lowest BCUT2D eigenvalue weighted by Crippen LogP contribution is -2.62. The molecule has 112 heavy (non-hydrogen) atoms. The minimum absolute atomic E-state index is 0.0276. The fourth-order valence-corrected chi connectivity index (χ4v) is 17.7. The third kappa shape index (κ3) is 12.4. The van der Waals surface area contributed by atoms with Gasteiger partial charge in [0.05, 0.1) is 33.0 Å². The summed E-state index contributed by atoms with van der Waals surface area (Å²) in [4.78, 5) is 7.56. The molecule has 6 heteroatoms. The number of para-hydroxylation sites is 5. The summed E-state index contributed by atoms with van der Waals surface area (Å²) in [6.45, 7) is 7.95. The van der Waals surface area contributed by atoms with Crippen molar-refractivity contribution in [1.82, 2.24) is 9.13 Å². The molecule has 4 heterocycles. The Balaban J connectivity index is 0.842. The second-order valence-electron chi connectivity index (χ2n) is 30.9. The van der Waals surface area contributed by atoms with Gasteiger partial charge in [0.25, 0.3) is 6.71 Å². The summed E-state index contributed by atoms with van der Waals surface area (Å²) in [5, 5.41) is 2.47. The van der Waals surface area contributed by atoms with Crippen LogP contribution in [0.3, 0.4) is 0 Å². The fraction of sp³-hybridized carbons (Fsp3) is 0.0943. The minimum atomic E-state index is -0.489. The Bertz CT molecular complexity index is 6820. The monoisotopic (exact) mass is 1450 g/mol. The predicted octanol–water partition coefficient (Wildman–Crippen LogP) is 24.7. The highest BCUT2D eigenvalue weighted by Crippen LogP contribution is 2.45. The lowest BCUT2D eigenvalue weighted by molar-refractivity contribution is 0.589. The quantitative estimate of drug-likeness (QED) is 0.0799. The van der Waals surface area contributed by atoms with Gasteiger partial charge in [0.15, 0.2) is 0 Å². The number of rotatable bonds is 18. The Morgan fingerprint density at radius 1 is 0.339 bits per heavy atom. The van der Waals surface area contributed by atoms with Gasteiger partial charge in [-0.15, -0.1) is 0 Å². The first kappa shape index (κ1) is 59.5. The molecule has 0 aliphatic carbocycles. The predicted molar refractivity (Wildman–Crippen MR) is 475 cm³/mol. The molecule has 0 saturated heterocycles. The number of benzene rings is 16. The van der Waals surface area contributed by atoms with Crippen LogP contribution in [0.5, 0.6) is 0 Å². The second-order valence-corrected chi connectivity index (χ2v) is 30.9.